The smallest absolute Gasteiger partial charge is 0.286 e. The van der Waals surface area contributed by atoms with E-state index in [-0.39, 0.29) is 23.0 Å². The number of nitrogens with one attached hydrogen (secondary N) is 1. The van der Waals surface area contributed by atoms with Crippen LogP contribution >= 0.6 is 0 Å². The Kier molecular flexibility index (Phi) is 7.97. The summed E-state index contributed by atoms with van der Waals surface area (Å²) < 4.78 is 10.6. The summed E-state index contributed by atoms with van der Waals surface area (Å²) in [7, 11) is 5.26. The normalized spacial score (nSPS) is 11.8. The second kappa shape index (κ2) is 10.4. The van der Waals surface area contributed by atoms with Crippen LogP contribution in [0.5, 0.6) is 11.5 Å². The zero-order chi connectivity index (χ0) is 21.4. The number of hydrogen-bond acceptors (Lipinski definition) is 6. The summed E-state index contributed by atoms with van der Waals surface area (Å²) in [6, 6.07) is 12.6. The van der Waals surface area contributed by atoms with Gasteiger partial charge in [-0.25, -0.2) is 0 Å². The first-order valence-electron chi connectivity index (χ1n) is 9.35. The molecule has 0 heterocycles. The van der Waals surface area contributed by atoms with Crippen molar-refractivity contribution >= 4 is 11.6 Å². The quantitative estimate of drug-likeness (QED) is 0.486. The summed E-state index contributed by atoms with van der Waals surface area (Å²) in [5.41, 5.74) is 0.762. The van der Waals surface area contributed by atoms with Crippen LogP contribution in [-0.4, -0.2) is 56.1 Å². The van der Waals surface area contributed by atoms with Gasteiger partial charge in [0.25, 0.3) is 11.6 Å². The van der Waals surface area contributed by atoms with Crippen molar-refractivity contribution < 1.29 is 19.2 Å². The van der Waals surface area contributed by atoms with Crippen LogP contribution in [0.25, 0.3) is 0 Å². The van der Waals surface area contributed by atoms with E-state index in [1.165, 1.54) is 19.2 Å². The molecular formula is C21H27N3O5. The average molecular weight is 401 g/mol. The highest BCUT2D eigenvalue weighted by molar-refractivity contribution is 5.99. The SMILES string of the molecule is CCOc1cc(C(=O)NCC(Cc2ccccc2)N(C)C)c([N+](=O)[O-])cc1OC. The number of hydrogen-bond donors (Lipinski definition) is 1. The Morgan fingerprint density at radius 3 is 2.45 bits per heavy atom. The van der Waals surface area contributed by atoms with Crippen LogP contribution in [0, 0.1) is 10.1 Å². The van der Waals surface area contributed by atoms with E-state index >= 15 is 0 Å². The number of benzene rings is 2. The Bertz CT molecular complexity index is 840. The molecule has 8 nitrogen and oxygen atoms in total. The van der Waals surface area contributed by atoms with Gasteiger partial charge < -0.3 is 19.7 Å². The van der Waals surface area contributed by atoms with Crippen molar-refractivity contribution in [1.29, 1.82) is 0 Å². The molecule has 1 amide bonds. The van der Waals surface area contributed by atoms with Crippen LogP contribution in [0.15, 0.2) is 42.5 Å². The van der Waals surface area contributed by atoms with Crippen molar-refractivity contribution in [3.63, 3.8) is 0 Å². The molecule has 0 aliphatic heterocycles. The van der Waals surface area contributed by atoms with Crippen LogP contribution in [0.1, 0.15) is 22.8 Å². The summed E-state index contributed by atoms with van der Waals surface area (Å²) in [5, 5.41) is 14.3. The van der Waals surface area contributed by atoms with E-state index in [1.54, 1.807) is 6.92 Å². The highest BCUT2D eigenvalue weighted by Crippen LogP contribution is 2.34. The first-order chi connectivity index (χ1) is 13.9. The summed E-state index contributed by atoms with van der Waals surface area (Å²) in [6.45, 7) is 2.47. The van der Waals surface area contributed by atoms with E-state index in [0.717, 1.165) is 12.0 Å². The third-order valence-electron chi connectivity index (χ3n) is 4.57. The van der Waals surface area contributed by atoms with Gasteiger partial charge in [-0.3, -0.25) is 14.9 Å². The van der Waals surface area contributed by atoms with Crippen molar-refractivity contribution in [2.75, 3.05) is 34.4 Å². The van der Waals surface area contributed by atoms with E-state index in [9.17, 15) is 14.9 Å². The van der Waals surface area contributed by atoms with Crippen molar-refractivity contribution in [2.24, 2.45) is 0 Å². The molecule has 8 heteroatoms. The van der Waals surface area contributed by atoms with Gasteiger partial charge in [-0.05, 0) is 33.0 Å². The summed E-state index contributed by atoms with van der Waals surface area (Å²) in [6.07, 6.45) is 0.739. The van der Waals surface area contributed by atoms with Crippen LogP contribution in [0.4, 0.5) is 5.69 Å². The molecule has 2 rings (SSSR count). The molecule has 0 radical (unpaired) electrons. The molecule has 1 N–H and O–H groups in total. The number of rotatable bonds is 10. The highest BCUT2D eigenvalue weighted by Gasteiger charge is 2.25. The lowest BCUT2D eigenvalue weighted by molar-refractivity contribution is -0.385. The van der Waals surface area contributed by atoms with Crippen molar-refractivity contribution in [3.8, 4) is 11.5 Å². The number of nitrogens with zero attached hydrogens (tertiary/aromatic N) is 2. The van der Waals surface area contributed by atoms with E-state index < -0.39 is 10.8 Å². The number of ether oxygens (including phenoxy) is 2. The maximum absolute atomic E-state index is 12.8. The van der Waals surface area contributed by atoms with Gasteiger partial charge in [-0.2, -0.15) is 0 Å². The molecule has 156 valence electrons. The minimum Gasteiger partial charge on any atom is -0.493 e. The van der Waals surface area contributed by atoms with Gasteiger partial charge in [-0.1, -0.05) is 30.3 Å². The first-order valence-corrected chi connectivity index (χ1v) is 9.35. The fourth-order valence-electron chi connectivity index (χ4n) is 2.94. The molecule has 0 aliphatic carbocycles. The van der Waals surface area contributed by atoms with Crippen molar-refractivity contribution in [2.45, 2.75) is 19.4 Å². The molecule has 0 aromatic heterocycles. The molecule has 1 unspecified atom stereocenters. The molecule has 29 heavy (non-hydrogen) atoms. The monoisotopic (exact) mass is 401 g/mol. The van der Waals surface area contributed by atoms with Crippen molar-refractivity contribution in [1.82, 2.24) is 10.2 Å². The molecular weight excluding hydrogens is 374 g/mol. The number of likely N-dealkylation sites (N-methyl/N-ethyl adjacent to an activating group) is 1. The minimum atomic E-state index is -0.597. The minimum absolute atomic E-state index is 0.0324. The summed E-state index contributed by atoms with van der Waals surface area (Å²) in [5.74, 6) is -0.0234. The Hall–Kier alpha value is -3.13. The molecule has 2 aromatic carbocycles. The van der Waals surface area contributed by atoms with Crippen LogP contribution < -0.4 is 14.8 Å². The molecule has 0 saturated heterocycles. The van der Waals surface area contributed by atoms with Gasteiger partial charge in [-0.15, -0.1) is 0 Å². The number of nitro benzene ring substituents is 1. The number of methoxy groups -OCH3 is 1. The van der Waals surface area contributed by atoms with Crippen molar-refractivity contribution in [3.05, 3.63) is 63.7 Å². The fourth-order valence-corrected chi connectivity index (χ4v) is 2.94. The van der Waals surface area contributed by atoms with Crippen LogP contribution in [0.2, 0.25) is 0 Å². The lowest BCUT2D eigenvalue weighted by Crippen LogP contribution is -2.41. The molecule has 0 saturated carbocycles. The topological polar surface area (TPSA) is 93.9 Å². The second-order valence-corrected chi connectivity index (χ2v) is 6.73. The molecule has 0 bridgehead atoms. The molecule has 0 aliphatic rings. The first kappa shape index (κ1) is 22.2. The third kappa shape index (κ3) is 5.92. The van der Waals surface area contributed by atoms with Crippen LogP contribution in [0.3, 0.4) is 0 Å². The number of carbonyl (C=O) groups is 1. The number of carbonyl (C=O) groups excluding carboxylic acids is 1. The Labute approximate surface area is 170 Å². The van der Waals surface area contributed by atoms with Crippen LogP contribution in [-0.2, 0) is 6.42 Å². The molecule has 1 atom stereocenters. The summed E-state index contributed by atoms with van der Waals surface area (Å²) >= 11 is 0. The molecule has 0 spiro atoms. The number of amides is 1. The summed E-state index contributed by atoms with van der Waals surface area (Å²) in [4.78, 5) is 25.7. The Morgan fingerprint density at radius 2 is 1.90 bits per heavy atom. The van der Waals surface area contributed by atoms with Gasteiger partial charge in [0, 0.05) is 18.7 Å². The zero-order valence-electron chi connectivity index (χ0n) is 17.2. The standard InChI is InChI=1S/C21H27N3O5/c1-5-29-20-12-17(18(24(26)27)13-19(20)28-4)21(25)22-14-16(23(2)3)11-15-9-7-6-8-10-15/h6-10,12-13,16H,5,11,14H2,1-4H3,(H,22,25). The molecule has 0 fully saturated rings. The van der Waals surface area contributed by atoms with E-state index in [4.69, 9.17) is 9.47 Å². The maximum atomic E-state index is 12.8. The van der Waals surface area contributed by atoms with E-state index in [2.05, 4.69) is 5.32 Å². The maximum Gasteiger partial charge on any atom is 0.286 e. The molecule has 2 aromatic rings. The fraction of sp³-hybridized carbons (Fsp3) is 0.381. The number of nitro groups is 1. The lowest BCUT2D eigenvalue weighted by Gasteiger charge is -2.25. The van der Waals surface area contributed by atoms with Gasteiger partial charge in [0.05, 0.1) is 24.7 Å². The van der Waals surface area contributed by atoms with Gasteiger partial charge >= 0.3 is 0 Å². The third-order valence-corrected chi connectivity index (χ3v) is 4.57. The van der Waals surface area contributed by atoms with Gasteiger partial charge in [0.15, 0.2) is 11.5 Å². The van der Waals surface area contributed by atoms with E-state index in [0.29, 0.717) is 18.9 Å². The largest absolute Gasteiger partial charge is 0.493 e. The van der Waals surface area contributed by atoms with E-state index in [1.807, 2.05) is 49.3 Å². The predicted molar refractivity (Wildman–Crippen MR) is 111 cm³/mol. The zero-order valence-corrected chi connectivity index (χ0v) is 17.2. The second-order valence-electron chi connectivity index (χ2n) is 6.73. The lowest BCUT2D eigenvalue weighted by atomic mass is 10.0. The average Bonchev–Trinajstić information content (AvgIpc) is 2.71. The van der Waals surface area contributed by atoms with Gasteiger partial charge in [0.2, 0.25) is 0 Å². The Morgan fingerprint density at radius 1 is 1.21 bits per heavy atom. The highest BCUT2D eigenvalue weighted by atomic mass is 16.6. The Balaban J connectivity index is 2.21. The predicted octanol–water partition coefficient (Wildman–Crippen LogP) is 2.90. The van der Waals surface area contributed by atoms with Gasteiger partial charge in [0.1, 0.15) is 5.56 Å².